The lowest BCUT2D eigenvalue weighted by Crippen LogP contribution is -2.43. The van der Waals surface area contributed by atoms with Crippen LogP contribution in [0.3, 0.4) is 0 Å². The number of halogens is 1. The van der Waals surface area contributed by atoms with Crippen LogP contribution in [0.25, 0.3) is 0 Å². The summed E-state index contributed by atoms with van der Waals surface area (Å²) in [5.74, 6) is 2.61. The molecule has 2 aliphatic rings. The highest BCUT2D eigenvalue weighted by atomic mass is 127. The van der Waals surface area contributed by atoms with Gasteiger partial charge in [-0.3, -0.25) is 4.99 Å². The van der Waals surface area contributed by atoms with Crippen LogP contribution in [0.2, 0.25) is 0 Å². The summed E-state index contributed by atoms with van der Waals surface area (Å²) in [6, 6.07) is 6.75. The number of ether oxygens (including phenoxy) is 2. The Labute approximate surface area is 155 Å². The summed E-state index contributed by atoms with van der Waals surface area (Å²) in [5.41, 5.74) is 1.24. The lowest BCUT2D eigenvalue weighted by Gasteiger charge is -2.19. The zero-order valence-electron chi connectivity index (χ0n) is 13.6. The van der Waals surface area contributed by atoms with Gasteiger partial charge in [0.1, 0.15) is 13.2 Å². The first-order valence-corrected chi connectivity index (χ1v) is 8.21. The molecule has 23 heavy (non-hydrogen) atoms. The number of hydrogen-bond acceptors (Lipinski definition) is 3. The summed E-state index contributed by atoms with van der Waals surface area (Å²) < 4.78 is 11.2. The minimum atomic E-state index is 0. The monoisotopic (exact) mass is 431 g/mol. The fourth-order valence-corrected chi connectivity index (χ4v) is 3.03. The van der Waals surface area contributed by atoms with Gasteiger partial charge in [0.15, 0.2) is 17.5 Å². The number of nitrogens with one attached hydrogen (secondary N) is 2. The summed E-state index contributed by atoms with van der Waals surface area (Å²) >= 11 is 0. The Kier molecular flexibility index (Phi) is 7.26. The lowest BCUT2D eigenvalue weighted by molar-refractivity contribution is 0.171. The molecule has 128 valence electrons. The third-order valence-electron chi connectivity index (χ3n) is 4.23. The van der Waals surface area contributed by atoms with E-state index in [9.17, 15) is 0 Å². The van der Waals surface area contributed by atoms with Gasteiger partial charge in [-0.1, -0.05) is 18.9 Å². The molecular formula is C17H26IN3O2. The highest BCUT2D eigenvalue weighted by molar-refractivity contribution is 14.0. The van der Waals surface area contributed by atoms with Crippen molar-refractivity contribution in [3.8, 4) is 11.5 Å². The van der Waals surface area contributed by atoms with Crippen LogP contribution in [-0.4, -0.2) is 38.8 Å². The summed E-state index contributed by atoms with van der Waals surface area (Å²) in [4.78, 5) is 4.30. The molecule has 0 radical (unpaired) electrons. The number of hydrogen-bond donors (Lipinski definition) is 2. The second-order valence-electron chi connectivity index (χ2n) is 5.85. The predicted octanol–water partition coefficient (Wildman–Crippen LogP) is 2.73. The smallest absolute Gasteiger partial charge is 0.191 e. The molecule has 1 aliphatic carbocycles. The Hall–Kier alpha value is -1.18. The van der Waals surface area contributed by atoms with Gasteiger partial charge in [0.2, 0.25) is 0 Å². The van der Waals surface area contributed by atoms with Crippen molar-refractivity contribution in [1.82, 2.24) is 10.6 Å². The predicted molar refractivity (Wildman–Crippen MR) is 103 cm³/mol. The topological polar surface area (TPSA) is 54.9 Å². The van der Waals surface area contributed by atoms with Crippen molar-refractivity contribution in [2.75, 3.05) is 26.8 Å². The van der Waals surface area contributed by atoms with Crippen molar-refractivity contribution in [3.63, 3.8) is 0 Å². The third kappa shape index (κ3) is 5.16. The molecule has 5 nitrogen and oxygen atoms in total. The van der Waals surface area contributed by atoms with Crippen LogP contribution < -0.4 is 20.1 Å². The molecule has 0 amide bonds. The van der Waals surface area contributed by atoms with Gasteiger partial charge in [0.25, 0.3) is 0 Å². The Morgan fingerprint density at radius 3 is 2.65 bits per heavy atom. The van der Waals surface area contributed by atoms with Gasteiger partial charge in [-0.2, -0.15) is 0 Å². The second kappa shape index (κ2) is 9.20. The third-order valence-corrected chi connectivity index (χ3v) is 4.23. The van der Waals surface area contributed by atoms with Gasteiger partial charge in [0.05, 0.1) is 0 Å². The second-order valence-corrected chi connectivity index (χ2v) is 5.85. The van der Waals surface area contributed by atoms with Crippen LogP contribution in [0.15, 0.2) is 23.2 Å². The average molecular weight is 431 g/mol. The van der Waals surface area contributed by atoms with E-state index in [0.717, 1.165) is 30.4 Å². The van der Waals surface area contributed by atoms with E-state index in [1.54, 1.807) is 0 Å². The van der Waals surface area contributed by atoms with Gasteiger partial charge >= 0.3 is 0 Å². The van der Waals surface area contributed by atoms with Crippen LogP contribution in [0, 0.1) is 0 Å². The van der Waals surface area contributed by atoms with Crippen molar-refractivity contribution in [2.24, 2.45) is 4.99 Å². The van der Waals surface area contributed by atoms with E-state index < -0.39 is 0 Å². The average Bonchev–Trinajstić information content (AvgIpc) is 3.07. The quantitative estimate of drug-likeness (QED) is 0.438. The van der Waals surface area contributed by atoms with Crippen molar-refractivity contribution in [3.05, 3.63) is 23.8 Å². The first kappa shape index (κ1) is 18.2. The molecule has 0 unspecified atom stereocenters. The largest absolute Gasteiger partial charge is 0.486 e. The Morgan fingerprint density at radius 2 is 1.91 bits per heavy atom. The van der Waals surface area contributed by atoms with Crippen molar-refractivity contribution >= 4 is 29.9 Å². The van der Waals surface area contributed by atoms with E-state index in [2.05, 4.69) is 27.8 Å². The number of aliphatic imine (C=N–C) groups is 1. The fraction of sp³-hybridized carbons (Fsp3) is 0.588. The fourth-order valence-electron chi connectivity index (χ4n) is 3.03. The molecule has 0 saturated heterocycles. The van der Waals surface area contributed by atoms with Crippen molar-refractivity contribution in [2.45, 2.75) is 38.1 Å². The molecule has 0 aromatic heterocycles. The Morgan fingerprint density at radius 1 is 1.17 bits per heavy atom. The molecule has 0 atom stereocenters. The van der Waals surface area contributed by atoms with Crippen LogP contribution in [0.1, 0.15) is 31.2 Å². The highest BCUT2D eigenvalue weighted by Crippen LogP contribution is 2.30. The maximum Gasteiger partial charge on any atom is 0.191 e. The van der Waals surface area contributed by atoms with Gasteiger partial charge in [0, 0.05) is 19.6 Å². The SMILES string of the molecule is CN=C(NCCc1ccc2c(c1)OCCO2)NC1CCCC1.I. The Bertz CT molecular complexity index is 531. The number of nitrogens with zero attached hydrogens (tertiary/aromatic N) is 1. The van der Waals surface area contributed by atoms with E-state index in [1.807, 2.05) is 13.1 Å². The molecular weight excluding hydrogens is 405 g/mol. The van der Waals surface area contributed by atoms with E-state index >= 15 is 0 Å². The zero-order chi connectivity index (χ0) is 15.2. The number of benzene rings is 1. The van der Waals surface area contributed by atoms with Crippen molar-refractivity contribution < 1.29 is 9.47 Å². The molecule has 1 fully saturated rings. The number of fused-ring (bicyclic) bond motifs is 1. The molecule has 1 aromatic carbocycles. The highest BCUT2D eigenvalue weighted by Gasteiger charge is 2.16. The summed E-state index contributed by atoms with van der Waals surface area (Å²) in [6.45, 7) is 2.12. The summed E-state index contributed by atoms with van der Waals surface area (Å²) in [7, 11) is 1.83. The van der Waals surface area contributed by atoms with Gasteiger partial charge < -0.3 is 20.1 Å². The molecule has 0 bridgehead atoms. The van der Waals surface area contributed by atoms with E-state index in [1.165, 1.54) is 31.2 Å². The van der Waals surface area contributed by atoms with Crippen molar-refractivity contribution in [1.29, 1.82) is 0 Å². The minimum absolute atomic E-state index is 0. The normalized spacial score (nSPS) is 17.5. The molecule has 2 N–H and O–H groups in total. The van der Waals surface area contributed by atoms with Crippen LogP contribution in [0.5, 0.6) is 11.5 Å². The standard InChI is InChI=1S/C17H25N3O2.HI/c1-18-17(20-14-4-2-3-5-14)19-9-8-13-6-7-15-16(12-13)22-11-10-21-15;/h6-7,12,14H,2-5,8-11H2,1H3,(H2,18,19,20);1H. The zero-order valence-corrected chi connectivity index (χ0v) is 16.0. The van der Waals surface area contributed by atoms with E-state index in [4.69, 9.17) is 9.47 Å². The molecule has 1 aliphatic heterocycles. The van der Waals surface area contributed by atoms with Crippen LogP contribution in [0.4, 0.5) is 0 Å². The number of rotatable bonds is 4. The minimum Gasteiger partial charge on any atom is -0.486 e. The molecule has 1 heterocycles. The molecule has 0 spiro atoms. The van der Waals surface area contributed by atoms with Crippen LogP contribution >= 0.6 is 24.0 Å². The number of guanidine groups is 1. The summed E-state index contributed by atoms with van der Waals surface area (Å²) in [5, 5.41) is 6.89. The lowest BCUT2D eigenvalue weighted by atomic mass is 10.1. The van der Waals surface area contributed by atoms with Gasteiger partial charge in [-0.05, 0) is 37.0 Å². The van der Waals surface area contributed by atoms with Gasteiger partial charge in [-0.25, -0.2) is 0 Å². The molecule has 6 heteroatoms. The maximum atomic E-state index is 5.62. The molecule has 1 aromatic rings. The first-order chi connectivity index (χ1) is 10.8. The van der Waals surface area contributed by atoms with Gasteiger partial charge in [-0.15, -0.1) is 24.0 Å². The Balaban J connectivity index is 0.00000192. The molecule has 1 saturated carbocycles. The van der Waals surface area contributed by atoms with Crippen LogP contribution in [-0.2, 0) is 6.42 Å². The maximum absolute atomic E-state index is 5.62. The van der Waals surface area contributed by atoms with E-state index in [-0.39, 0.29) is 24.0 Å². The summed E-state index contributed by atoms with van der Waals surface area (Å²) in [6.07, 6.45) is 6.09. The molecule has 3 rings (SSSR count). The van der Waals surface area contributed by atoms with E-state index in [0.29, 0.717) is 19.3 Å². The first-order valence-electron chi connectivity index (χ1n) is 8.21.